The van der Waals surface area contributed by atoms with Gasteiger partial charge in [-0.15, -0.1) is 0 Å². The molecule has 5 heteroatoms. The Kier molecular flexibility index (Phi) is 35.2. The van der Waals surface area contributed by atoms with Crippen LogP contribution < -0.4 is 0 Å². The van der Waals surface area contributed by atoms with E-state index in [1.807, 2.05) is 0 Å². The van der Waals surface area contributed by atoms with E-state index in [0.29, 0.717) is 17.9 Å². The highest BCUT2D eigenvalue weighted by atomic mass is 32.2. The minimum absolute atomic E-state index is 0.0570. The highest BCUT2D eigenvalue weighted by Gasteiger charge is 2.14. The third-order valence-electron chi connectivity index (χ3n) is 8.72. The fourth-order valence-corrected chi connectivity index (χ4v) is 6.71. The first-order chi connectivity index (χ1) is 21.1. The van der Waals surface area contributed by atoms with E-state index in [1.165, 1.54) is 172 Å². The van der Waals surface area contributed by atoms with Gasteiger partial charge >= 0.3 is 11.9 Å². The molecule has 0 saturated carbocycles. The molecule has 0 aliphatic carbocycles. The van der Waals surface area contributed by atoms with Gasteiger partial charge in [0.05, 0.1) is 12.8 Å². The van der Waals surface area contributed by atoms with Crippen LogP contribution in [0.2, 0.25) is 0 Å². The van der Waals surface area contributed by atoms with Gasteiger partial charge in [-0.1, -0.05) is 174 Å². The lowest BCUT2D eigenvalue weighted by Crippen LogP contribution is -2.19. The summed E-state index contributed by atoms with van der Waals surface area (Å²) in [6.45, 7) is 4.56. The van der Waals surface area contributed by atoms with Crippen molar-refractivity contribution in [1.29, 1.82) is 0 Å². The Labute approximate surface area is 273 Å². The van der Waals surface area contributed by atoms with E-state index in [2.05, 4.69) is 13.8 Å². The quantitative estimate of drug-likeness (QED) is 0.0553. The van der Waals surface area contributed by atoms with Gasteiger partial charge in [0.1, 0.15) is 6.10 Å². The third-order valence-corrected chi connectivity index (χ3v) is 9.70. The number of esters is 1. The van der Waals surface area contributed by atoms with E-state index >= 15 is 0 Å². The van der Waals surface area contributed by atoms with Crippen LogP contribution in [0, 0.1) is 0 Å². The van der Waals surface area contributed by atoms with E-state index < -0.39 is 5.97 Å². The second-order valence-corrected chi connectivity index (χ2v) is 14.3. The summed E-state index contributed by atoms with van der Waals surface area (Å²) in [6.07, 6.45) is 39.2. The average Bonchev–Trinajstić information content (AvgIpc) is 2.99. The highest BCUT2D eigenvalue weighted by Crippen LogP contribution is 2.19. The van der Waals surface area contributed by atoms with Crippen LogP contribution in [0.4, 0.5) is 0 Å². The lowest BCUT2D eigenvalue weighted by Gasteiger charge is -2.18. The van der Waals surface area contributed by atoms with Crippen LogP contribution in [0.5, 0.6) is 0 Å². The second kappa shape index (κ2) is 35.8. The maximum absolute atomic E-state index is 12.5. The number of thioether (sulfide) groups is 1. The van der Waals surface area contributed by atoms with Crippen LogP contribution in [0.1, 0.15) is 213 Å². The molecule has 0 radical (unpaired) electrons. The van der Waals surface area contributed by atoms with E-state index in [9.17, 15) is 9.59 Å². The molecule has 0 spiro atoms. The third kappa shape index (κ3) is 35.6. The second-order valence-electron chi connectivity index (χ2n) is 13.0. The van der Waals surface area contributed by atoms with Crippen molar-refractivity contribution in [2.24, 2.45) is 0 Å². The van der Waals surface area contributed by atoms with Crippen molar-refractivity contribution in [3.8, 4) is 0 Å². The van der Waals surface area contributed by atoms with Crippen molar-refractivity contribution in [3.63, 3.8) is 0 Å². The molecule has 0 aliphatic rings. The molecule has 0 saturated heterocycles. The Bertz CT molecular complexity index is 582. The summed E-state index contributed by atoms with van der Waals surface area (Å²) in [5.74, 6) is 0.328. The molecule has 1 atom stereocenters. The van der Waals surface area contributed by atoms with Gasteiger partial charge < -0.3 is 9.84 Å². The van der Waals surface area contributed by atoms with Crippen molar-refractivity contribution in [1.82, 2.24) is 0 Å². The molecule has 1 unspecified atom stereocenters. The number of carbonyl (C=O) groups is 2. The zero-order chi connectivity index (χ0) is 31.5. The standard InChI is InChI=1S/C38H74O4S/c1-3-5-7-9-11-13-15-17-18-19-21-23-25-27-29-31-36(42-38(41)33-35-43-34-32-37(39)40)30-28-26-24-22-20-16-14-12-10-8-6-4-2/h36H,3-35H2,1-2H3,(H,39,40). The smallest absolute Gasteiger partial charge is 0.306 e. The van der Waals surface area contributed by atoms with Crippen LogP contribution in [0.15, 0.2) is 0 Å². The number of carboxylic acid groups (broad SMARTS) is 1. The van der Waals surface area contributed by atoms with Crippen molar-refractivity contribution in [2.75, 3.05) is 11.5 Å². The van der Waals surface area contributed by atoms with Gasteiger partial charge in [0.2, 0.25) is 0 Å². The predicted molar refractivity (Wildman–Crippen MR) is 189 cm³/mol. The van der Waals surface area contributed by atoms with Crippen molar-refractivity contribution in [3.05, 3.63) is 0 Å². The molecule has 0 aromatic heterocycles. The van der Waals surface area contributed by atoms with E-state index in [0.717, 1.165) is 25.7 Å². The van der Waals surface area contributed by atoms with Gasteiger partial charge in [0, 0.05) is 11.5 Å². The van der Waals surface area contributed by atoms with Gasteiger partial charge in [0.15, 0.2) is 0 Å². The summed E-state index contributed by atoms with van der Waals surface area (Å²) >= 11 is 1.53. The first-order valence-electron chi connectivity index (χ1n) is 19.1. The van der Waals surface area contributed by atoms with Crippen molar-refractivity contribution in [2.45, 2.75) is 219 Å². The van der Waals surface area contributed by atoms with Crippen LogP contribution in [0.3, 0.4) is 0 Å². The number of hydrogen-bond acceptors (Lipinski definition) is 4. The number of unbranched alkanes of at least 4 members (excludes halogenated alkanes) is 25. The molecule has 0 aromatic rings. The number of aliphatic carboxylic acids is 1. The molecule has 256 valence electrons. The van der Waals surface area contributed by atoms with Gasteiger partial charge in [-0.2, -0.15) is 11.8 Å². The molecule has 1 N–H and O–H groups in total. The van der Waals surface area contributed by atoms with Crippen LogP contribution >= 0.6 is 11.8 Å². The van der Waals surface area contributed by atoms with Gasteiger partial charge in [-0.25, -0.2) is 0 Å². The molecular weight excluding hydrogens is 552 g/mol. The van der Waals surface area contributed by atoms with E-state index in [-0.39, 0.29) is 18.5 Å². The molecule has 0 fully saturated rings. The SMILES string of the molecule is CCCCCCCCCCCCCCCCCC(CCCCCCCCCCCCCC)OC(=O)CCSCCC(=O)O. The fourth-order valence-electron chi connectivity index (χ4n) is 5.88. The maximum atomic E-state index is 12.5. The summed E-state index contributed by atoms with van der Waals surface area (Å²) in [6, 6.07) is 0. The normalized spacial score (nSPS) is 12.0. The molecule has 0 heterocycles. The molecule has 0 bridgehead atoms. The average molecular weight is 627 g/mol. The van der Waals surface area contributed by atoms with E-state index in [4.69, 9.17) is 9.84 Å². The van der Waals surface area contributed by atoms with E-state index in [1.54, 1.807) is 0 Å². The summed E-state index contributed by atoms with van der Waals surface area (Å²) < 4.78 is 5.93. The van der Waals surface area contributed by atoms with Crippen molar-refractivity contribution >= 4 is 23.7 Å². The lowest BCUT2D eigenvalue weighted by atomic mass is 10.0. The zero-order valence-corrected chi connectivity index (χ0v) is 29.8. The lowest BCUT2D eigenvalue weighted by molar-refractivity contribution is -0.149. The highest BCUT2D eigenvalue weighted by molar-refractivity contribution is 7.99. The maximum Gasteiger partial charge on any atom is 0.306 e. The number of rotatable bonds is 36. The number of ether oxygens (including phenoxy) is 1. The molecule has 4 nitrogen and oxygen atoms in total. The Morgan fingerprint density at radius 3 is 1.12 bits per heavy atom. The topological polar surface area (TPSA) is 63.6 Å². The molecule has 0 aliphatic heterocycles. The Morgan fingerprint density at radius 2 is 0.791 bits per heavy atom. The number of carbonyl (C=O) groups excluding carboxylic acids is 1. The predicted octanol–water partition coefficient (Wildman–Crippen LogP) is 12.8. The largest absolute Gasteiger partial charge is 0.481 e. The fraction of sp³-hybridized carbons (Fsp3) is 0.947. The van der Waals surface area contributed by atoms with Crippen LogP contribution in [0.25, 0.3) is 0 Å². The zero-order valence-electron chi connectivity index (χ0n) is 29.0. The molecule has 0 amide bonds. The van der Waals surface area contributed by atoms with Crippen molar-refractivity contribution < 1.29 is 19.4 Å². The molecule has 0 rings (SSSR count). The minimum atomic E-state index is -0.777. The molecule has 0 aromatic carbocycles. The number of carboxylic acids is 1. The van der Waals surface area contributed by atoms with Crippen LogP contribution in [-0.2, 0) is 14.3 Å². The van der Waals surface area contributed by atoms with Gasteiger partial charge in [-0.05, 0) is 25.7 Å². The molecule has 43 heavy (non-hydrogen) atoms. The summed E-state index contributed by atoms with van der Waals surface area (Å²) in [4.78, 5) is 23.2. The monoisotopic (exact) mass is 627 g/mol. The van der Waals surface area contributed by atoms with Gasteiger partial charge in [0.25, 0.3) is 0 Å². The summed E-state index contributed by atoms with van der Waals surface area (Å²) in [5, 5.41) is 8.78. The number of hydrogen-bond donors (Lipinski definition) is 1. The van der Waals surface area contributed by atoms with Gasteiger partial charge in [-0.3, -0.25) is 9.59 Å². The Hall–Kier alpha value is -0.710. The minimum Gasteiger partial charge on any atom is -0.481 e. The summed E-state index contributed by atoms with van der Waals surface area (Å²) in [5.41, 5.74) is 0. The summed E-state index contributed by atoms with van der Waals surface area (Å²) in [7, 11) is 0. The first-order valence-corrected chi connectivity index (χ1v) is 20.2. The molecular formula is C38H74O4S. The van der Waals surface area contributed by atoms with Crippen LogP contribution in [-0.4, -0.2) is 34.7 Å². The Morgan fingerprint density at radius 1 is 0.488 bits per heavy atom. The Balaban J connectivity index is 3.98. The first kappa shape index (κ1) is 42.3.